The van der Waals surface area contributed by atoms with E-state index in [0.29, 0.717) is 18.3 Å². The molecule has 0 aliphatic carbocycles. The summed E-state index contributed by atoms with van der Waals surface area (Å²) in [6.45, 7) is 14.0. The molecule has 3 atom stereocenters. The lowest BCUT2D eigenvalue weighted by atomic mass is 9.89. The first-order valence-electron chi connectivity index (χ1n) is 8.09. The first kappa shape index (κ1) is 20.1. The van der Waals surface area contributed by atoms with Crippen LogP contribution in [0.4, 0.5) is 0 Å². The molecule has 0 amide bonds. The molecule has 0 aromatic rings. The van der Waals surface area contributed by atoms with Crippen LogP contribution in [0.5, 0.6) is 0 Å². The molecule has 0 aromatic heterocycles. The monoisotopic (exact) mass is 294 g/mol. The van der Waals surface area contributed by atoms with Crippen molar-refractivity contribution in [2.24, 2.45) is 11.8 Å². The Balaban J connectivity index is 4.58. The first-order valence-corrected chi connectivity index (χ1v) is 8.09. The van der Waals surface area contributed by atoms with Crippen molar-refractivity contribution in [2.45, 2.75) is 72.0 Å². The zero-order valence-corrected chi connectivity index (χ0v) is 14.5. The van der Waals surface area contributed by atoms with Crippen LogP contribution in [-0.2, 0) is 0 Å². The highest BCUT2D eigenvalue weighted by molar-refractivity contribution is 5.08. The molecular weight excluding hydrogens is 260 g/mol. The van der Waals surface area contributed by atoms with Crippen molar-refractivity contribution in [3.05, 3.63) is 36.5 Å². The number of aliphatic hydroxyl groups is 2. The molecule has 21 heavy (non-hydrogen) atoms. The number of hydrogen-bond donors (Lipinski definition) is 2. The second-order valence-corrected chi connectivity index (χ2v) is 6.64. The van der Waals surface area contributed by atoms with Crippen LogP contribution in [0, 0.1) is 11.8 Å². The molecule has 0 aliphatic rings. The van der Waals surface area contributed by atoms with Gasteiger partial charge in [-0.3, -0.25) is 0 Å². The molecule has 1 unspecified atom stereocenters. The minimum absolute atomic E-state index is 0.323. The Hall–Kier alpha value is -0.860. The van der Waals surface area contributed by atoms with Gasteiger partial charge in [0.15, 0.2) is 0 Å². The summed E-state index contributed by atoms with van der Waals surface area (Å²) in [5.41, 5.74) is 0.160. The molecule has 0 fully saturated rings. The fourth-order valence-corrected chi connectivity index (χ4v) is 2.45. The van der Waals surface area contributed by atoms with E-state index in [0.717, 1.165) is 24.8 Å². The largest absolute Gasteiger partial charge is 0.389 e. The molecule has 2 heteroatoms. The predicted octanol–water partition coefficient (Wildman–Crippen LogP) is 4.64. The number of rotatable bonds is 10. The van der Waals surface area contributed by atoms with Crippen molar-refractivity contribution in [1.29, 1.82) is 0 Å². The molecule has 0 saturated heterocycles. The Morgan fingerprint density at radius 2 is 1.95 bits per heavy atom. The Labute approximate surface area is 131 Å². The van der Waals surface area contributed by atoms with E-state index in [2.05, 4.69) is 33.4 Å². The quantitative estimate of drug-likeness (QED) is 0.576. The van der Waals surface area contributed by atoms with Crippen molar-refractivity contribution in [3.63, 3.8) is 0 Å². The topological polar surface area (TPSA) is 40.5 Å². The fraction of sp³-hybridized carbons (Fsp3) is 0.684. The summed E-state index contributed by atoms with van der Waals surface area (Å²) < 4.78 is 0. The van der Waals surface area contributed by atoms with E-state index in [4.69, 9.17) is 0 Å². The van der Waals surface area contributed by atoms with Gasteiger partial charge in [0.25, 0.3) is 0 Å². The third kappa shape index (κ3) is 9.65. The van der Waals surface area contributed by atoms with Gasteiger partial charge in [0.1, 0.15) is 0 Å². The van der Waals surface area contributed by atoms with Crippen molar-refractivity contribution >= 4 is 0 Å². The van der Waals surface area contributed by atoms with Gasteiger partial charge >= 0.3 is 0 Å². The van der Waals surface area contributed by atoms with E-state index in [1.165, 1.54) is 0 Å². The molecule has 0 aromatic carbocycles. The third-order valence-corrected chi connectivity index (χ3v) is 3.87. The van der Waals surface area contributed by atoms with Crippen LogP contribution >= 0.6 is 0 Å². The van der Waals surface area contributed by atoms with Crippen molar-refractivity contribution in [1.82, 2.24) is 0 Å². The lowest BCUT2D eigenvalue weighted by Gasteiger charge is -2.23. The summed E-state index contributed by atoms with van der Waals surface area (Å²) in [6, 6.07) is 0. The van der Waals surface area contributed by atoms with Gasteiger partial charge in [-0.1, -0.05) is 50.6 Å². The highest BCUT2D eigenvalue weighted by atomic mass is 16.3. The maximum Gasteiger partial charge on any atom is 0.0827 e. The second-order valence-electron chi connectivity index (χ2n) is 6.64. The lowest BCUT2D eigenvalue weighted by molar-refractivity contribution is 0.0565. The maximum atomic E-state index is 10.4. The van der Waals surface area contributed by atoms with E-state index >= 15 is 0 Å². The number of hydrogen-bond acceptors (Lipinski definition) is 2. The minimum atomic E-state index is -0.975. The van der Waals surface area contributed by atoms with E-state index < -0.39 is 11.7 Å². The average Bonchev–Trinajstić information content (AvgIpc) is 2.35. The summed E-state index contributed by atoms with van der Waals surface area (Å²) in [7, 11) is 0. The maximum absolute atomic E-state index is 10.4. The average molecular weight is 294 g/mol. The zero-order chi connectivity index (χ0) is 16.5. The van der Waals surface area contributed by atoms with Gasteiger partial charge in [0.05, 0.1) is 11.7 Å². The Kier molecular flexibility index (Phi) is 9.56. The van der Waals surface area contributed by atoms with Crippen LogP contribution in [-0.4, -0.2) is 21.9 Å². The Bertz CT molecular complexity index is 351. The number of aliphatic hydroxyl groups excluding tert-OH is 1. The zero-order valence-electron chi connectivity index (χ0n) is 14.5. The highest BCUT2D eigenvalue weighted by Gasteiger charge is 2.21. The van der Waals surface area contributed by atoms with Crippen LogP contribution in [0.25, 0.3) is 0 Å². The number of allylic oxidation sites excluding steroid dienone is 3. The van der Waals surface area contributed by atoms with Crippen LogP contribution in [0.15, 0.2) is 36.5 Å². The standard InChI is InChI=1S/C19H34O2/c1-7-9-10-16(5)13-18(20)14-19(6,21)12-11-17(8-2)15(3)4/h7,11-13,15,17-18,20-21H,1,8-10,14H2,2-6H3/b12-11+,16-13+/t17?,18-,19+/m0/s1. The molecule has 0 saturated carbocycles. The molecule has 2 N–H and O–H groups in total. The summed E-state index contributed by atoms with van der Waals surface area (Å²) in [4.78, 5) is 0. The molecule has 2 nitrogen and oxygen atoms in total. The molecule has 0 rings (SSSR count). The molecule has 0 radical (unpaired) electrons. The normalized spacial score (nSPS) is 18.8. The summed E-state index contributed by atoms with van der Waals surface area (Å²) >= 11 is 0. The fourth-order valence-electron chi connectivity index (χ4n) is 2.45. The molecule has 0 aliphatic heterocycles. The van der Waals surface area contributed by atoms with Crippen LogP contribution in [0.2, 0.25) is 0 Å². The van der Waals surface area contributed by atoms with Gasteiger partial charge in [-0.2, -0.15) is 0 Å². The van der Waals surface area contributed by atoms with Gasteiger partial charge in [0.2, 0.25) is 0 Å². The molecule has 0 bridgehead atoms. The smallest absolute Gasteiger partial charge is 0.0827 e. The molecule has 0 heterocycles. The SMILES string of the molecule is C=CCC/C(C)=C/[C@H](O)C[C@](C)(O)/C=C/C(CC)C(C)C. The third-order valence-electron chi connectivity index (χ3n) is 3.87. The van der Waals surface area contributed by atoms with E-state index in [1.807, 2.05) is 25.2 Å². The van der Waals surface area contributed by atoms with Crippen LogP contribution in [0.1, 0.15) is 60.3 Å². The van der Waals surface area contributed by atoms with E-state index in [-0.39, 0.29) is 0 Å². The predicted molar refractivity (Wildman–Crippen MR) is 92.2 cm³/mol. The van der Waals surface area contributed by atoms with Crippen molar-refractivity contribution < 1.29 is 10.2 Å². The van der Waals surface area contributed by atoms with Crippen LogP contribution < -0.4 is 0 Å². The van der Waals surface area contributed by atoms with Crippen LogP contribution in [0.3, 0.4) is 0 Å². The molecule has 122 valence electrons. The minimum Gasteiger partial charge on any atom is -0.389 e. The Morgan fingerprint density at radius 3 is 2.43 bits per heavy atom. The van der Waals surface area contributed by atoms with Crippen molar-refractivity contribution in [3.8, 4) is 0 Å². The molecule has 0 spiro atoms. The molecular formula is C19H34O2. The summed E-state index contributed by atoms with van der Waals surface area (Å²) in [6.07, 6.45) is 10.2. The summed E-state index contributed by atoms with van der Waals surface area (Å²) in [5.74, 6) is 1.03. The Morgan fingerprint density at radius 1 is 1.33 bits per heavy atom. The van der Waals surface area contributed by atoms with Gasteiger partial charge in [-0.15, -0.1) is 6.58 Å². The van der Waals surface area contributed by atoms with Gasteiger partial charge < -0.3 is 10.2 Å². The van der Waals surface area contributed by atoms with Gasteiger partial charge in [0, 0.05) is 6.42 Å². The van der Waals surface area contributed by atoms with Crippen molar-refractivity contribution in [2.75, 3.05) is 0 Å². The van der Waals surface area contributed by atoms with Gasteiger partial charge in [-0.25, -0.2) is 0 Å². The first-order chi connectivity index (χ1) is 9.71. The van der Waals surface area contributed by atoms with Gasteiger partial charge in [-0.05, 0) is 44.9 Å². The lowest BCUT2D eigenvalue weighted by Crippen LogP contribution is -2.27. The van der Waals surface area contributed by atoms with E-state index in [9.17, 15) is 10.2 Å². The summed E-state index contributed by atoms with van der Waals surface area (Å²) in [5, 5.41) is 20.5. The highest BCUT2D eigenvalue weighted by Crippen LogP contribution is 2.21. The second kappa shape index (κ2) is 9.97. The van der Waals surface area contributed by atoms with E-state index in [1.54, 1.807) is 6.92 Å².